The summed E-state index contributed by atoms with van der Waals surface area (Å²) in [4.78, 5) is 33.8. The lowest BCUT2D eigenvalue weighted by Crippen LogP contribution is -2.54. The second-order valence-electron chi connectivity index (χ2n) is 7.49. The summed E-state index contributed by atoms with van der Waals surface area (Å²) in [5.74, 6) is 1.44. The number of amides is 2. The van der Waals surface area contributed by atoms with Gasteiger partial charge in [-0.15, -0.1) is 24.0 Å². The molecule has 1 saturated carbocycles. The van der Waals surface area contributed by atoms with Gasteiger partial charge in [-0.25, -0.2) is 9.79 Å². The van der Waals surface area contributed by atoms with E-state index < -0.39 is 0 Å². The largest absolute Gasteiger partial charge is 0.450 e. The van der Waals surface area contributed by atoms with Crippen molar-refractivity contribution in [1.82, 2.24) is 20.0 Å². The Morgan fingerprint density at radius 3 is 2.25 bits per heavy atom. The zero-order chi connectivity index (χ0) is 19.6. The van der Waals surface area contributed by atoms with Crippen LogP contribution in [0.25, 0.3) is 0 Å². The lowest BCUT2D eigenvalue weighted by Gasteiger charge is -2.36. The standard InChI is InChI=1S/C19H35N5O3.HI/c1-4-27-19(26)24-12-10-23(11-13-24)18(21-15-17(25)22(2)3)20-14-16-8-6-5-7-9-16;/h16H,4-15H2,1-3H3,(H,20,21);1H. The van der Waals surface area contributed by atoms with E-state index in [4.69, 9.17) is 4.74 Å². The molecule has 28 heavy (non-hydrogen) atoms. The van der Waals surface area contributed by atoms with Crippen LogP contribution >= 0.6 is 24.0 Å². The summed E-state index contributed by atoms with van der Waals surface area (Å²) in [6.45, 7) is 5.81. The summed E-state index contributed by atoms with van der Waals surface area (Å²) in [5, 5.41) is 3.49. The average Bonchev–Trinajstić information content (AvgIpc) is 2.69. The maximum atomic E-state index is 12.0. The van der Waals surface area contributed by atoms with Gasteiger partial charge in [0.25, 0.3) is 0 Å². The number of halogens is 1. The number of ether oxygens (including phenoxy) is 1. The number of likely N-dealkylation sites (N-methyl/N-ethyl adjacent to an activating group) is 1. The lowest BCUT2D eigenvalue weighted by molar-refractivity contribution is -0.127. The van der Waals surface area contributed by atoms with Crippen LogP contribution in [-0.4, -0.2) is 92.6 Å². The van der Waals surface area contributed by atoms with Crippen LogP contribution in [-0.2, 0) is 9.53 Å². The molecular weight excluding hydrogens is 473 g/mol. The van der Waals surface area contributed by atoms with Crippen LogP contribution in [0.4, 0.5) is 4.79 Å². The molecule has 1 aliphatic heterocycles. The minimum Gasteiger partial charge on any atom is -0.450 e. The summed E-state index contributed by atoms with van der Waals surface area (Å²) in [6, 6.07) is 0. The Bertz CT molecular complexity index is 516. The van der Waals surface area contributed by atoms with E-state index in [1.807, 2.05) is 6.92 Å². The zero-order valence-electron chi connectivity index (χ0n) is 17.5. The Labute approximate surface area is 186 Å². The number of rotatable bonds is 5. The zero-order valence-corrected chi connectivity index (χ0v) is 19.8. The van der Waals surface area contributed by atoms with E-state index in [9.17, 15) is 9.59 Å². The van der Waals surface area contributed by atoms with E-state index in [2.05, 4.69) is 15.2 Å². The first-order valence-electron chi connectivity index (χ1n) is 10.2. The second kappa shape index (κ2) is 13.1. The van der Waals surface area contributed by atoms with E-state index in [0.29, 0.717) is 38.7 Å². The van der Waals surface area contributed by atoms with Crippen molar-refractivity contribution in [3.63, 3.8) is 0 Å². The van der Waals surface area contributed by atoms with Crippen molar-refractivity contribution < 1.29 is 14.3 Å². The van der Waals surface area contributed by atoms with Crippen LogP contribution < -0.4 is 5.32 Å². The van der Waals surface area contributed by atoms with E-state index in [1.165, 1.54) is 32.1 Å². The molecule has 0 unspecified atom stereocenters. The summed E-state index contributed by atoms with van der Waals surface area (Å²) in [5.41, 5.74) is 0. The van der Waals surface area contributed by atoms with Crippen LogP contribution in [0.1, 0.15) is 39.0 Å². The highest BCUT2D eigenvalue weighted by Gasteiger charge is 2.24. The number of nitrogens with one attached hydrogen (secondary N) is 1. The summed E-state index contributed by atoms with van der Waals surface area (Å²) >= 11 is 0. The molecule has 0 aromatic carbocycles. The Morgan fingerprint density at radius 1 is 1.07 bits per heavy atom. The molecule has 0 aromatic rings. The first-order valence-corrected chi connectivity index (χ1v) is 10.2. The van der Waals surface area contributed by atoms with Crippen molar-refractivity contribution in [2.75, 3.05) is 60.0 Å². The van der Waals surface area contributed by atoms with Gasteiger partial charge >= 0.3 is 6.09 Å². The van der Waals surface area contributed by atoms with E-state index >= 15 is 0 Å². The smallest absolute Gasteiger partial charge is 0.409 e. The number of hydrogen-bond donors (Lipinski definition) is 1. The number of guanidine groups is 1. The molecule has 2 amide bonds. The molecule has 0 aromatic heterocycles. The monoisotopic (exact) mass is 509 g/mol. The normalized spacial score (nSPS) is 18.3. The third-order valence-electron chi connectivity index (χ3n) is 5.24. The molecular formula is C19H36IN5O3. The highest BCUT2D eigenvalue weighted by atomic mass is 127. The van der Waals surface area contributed by atoms with Crippen LogP contribution in [0, 0.1) is 5.92 Å². The number of piperazine rings is 1. The van der Waals surface area contributed by atoms with Crippen LogP contribution in [0.2, 0.25) is 0 Å². The third-order valence-corrected chi connectivity index (χ3v) is 5.24. The number of carbonyl (C=O) groups excluding carboxylic acids is 2. The van der Waals surface area contributed by atoms with Gasteiger partial charge in [0, 0.05) is 46.8 Å². The molecule has 9 heteroatoms. The number of nitrogens with zero attached hydrogens (tertiary/aromatic N) is 4. The van der Waals surface area contributed by atoms with Gasteiger partial charge in [0.1, 0.15) is 6.54 Å². The molecule has 8 nitrogen and oxygen atoms in total. The SMILES string of the molecule is CCOC(=O)N1CCN(C(=NCC(=O)N(C)C)NCC2CCCCC2)CC1.I. The molecule has 1 N–H and O–H groups in total. The fourth-order valence-electron chi connectivity index (χ4n) is 3.49. The minimum absolute atomic E-state index is 0. The van der Waals surface area contributed by atoms with E-state index in [1.54, 1.807) is 23.9 Å². The van der Waals surface area contributed by atoms with Crippen LogP contribution in [0.15, 0.2) is 4.99 Å². The van der Waals surface area contributed by atoms with Crippen molar-refractivity contribution in [3.8, 4) is 0 Å². The Hall–Kier alpha value is -1.26. The van der Waals surface area contributed by atoms with Gasteiger partial charge < -0.3 is 24.8 Å². The van der Waals surface area contributed by atoms with Crippen LogP contribution in [0.5, 0.6) is 0 Å². The van der Waals surface area contributed by atoms with Gasteiger partial charge in [-0.05, 0) is 25.7 Å². The van der Waals surface area contributed by atoms with Gasteiger partial charge in [0.05, 0.1) is 6.61 Å². The maximum Gasteiger partial charge on any atom is 0.409 e. The molecule has 1 aliphatic carbocycles. The van der Waals surface area contributed by atoms with E-state index in [0.717, 1.165) is 12.5 Å². The predicted molar refractivity (Wildman–Crippen MR) is 121 cm³/mol. The quantitative estimate of drug-likeness (QED) is 0.349. The first-order chi connectivity index (χ1) is 13.0. The molecule has 2 fully saturated rings. The third kappa shape index (κ3) is 8.00. The van der Waals surface area contributed by atoms with E-state index in [-0.39, 0.29) is 42.5 Å². The summed E-state index contributed by atoms with van der Waals surface area (Å²) < 4.78 is 5.08. The topological polar surface area (TPSA) is 77.5 Å². The first kappa shape index (κ1) is 24.8. The molecule has 0 radical (unpaired) electrons. The highest BCUT2D eigenvalue weighted by molar-refractivity contribution is 14.0. The predicted octanol–water partition coefficient (Wildman–Crippen LogP) is 1.99. The van der Waals surface area contributed by atoms with Gasteiger partial charge in [-0.2, -0.15) is 0 Å². The molecule has 2 aliphatic rings. The van der Waals surface area contributed by atoms with Crippen molar-refractivity contribution in [3.05, 3.63) is 0 Å². The molecule has 0 bridgehead atoms. The molecule has 0 atom stereocenters. The van der Waals surface area contributed by atoms with Crippen molar-refractivity contribution in [2.24, 2.45) is 10.9 Å². The van der Waals surface area contributed by atoms with Crippen molar-refractivity contribution in [2.45, 2.75) is 39.0 Å². The molecule has 1 saturated heterocycles. The number of hydrogen-bond acceptors (Lipinski definition) is 4. The Balaban J connectivity index is 0.00000392. The summed E-state index contributed by atoms with van der Waals surface area (Å²) in [7, 11) is 3.48. The lowest BCUT2D eigenvalue weighted by atomic mass is 9.89. The van der Waals surface area contributed by atoms with Crippen LogP contribution in [0.3, 0.4) is 0 Å². The highest BCUT2D eigenvalue weighted by Crippen LogP contribution is 2.22. The van der Waals surface area contributed by atoms with Gasteiger partial charge in [0.2, 0.25) is 5.91 Å². The number of carbonyl (C=O) groups is 2. The molecule has 2 rings (SSSR count). The van der Waals surface area contributed by atoms with Gasteiger partial charge in [-0.1, -0.05) is 19.3 Å². The second-order valence-corrected chi connectivity index (χ2v) is 7.49. The molecule has 0 spiro atoms. The maximum absolute atomic E-state index is 12.0. The van der Waals surface area contributed by atoms with Gasteiger partial charge in [0.15, 0.2) is 5.96 Å². The fraction of sp³-hybridized carbons (Fsp3) is 0.842. The Kier molecular flexibility index (Phi) is 11.6. The van der Waals surface area contributed by atoms with Crippen molar-refractivity contribution >= 4 is 41.9 Å². The minimum atomic E-state index is -0.256. The average molecular weight is 509 g/mol. The van der Waals surface area contributed by atoms with Crippen molar-refractivity contribution in [1.29, 1.82) is 0 Å². The Morgan fingerprint density at radius 2 is 1.68 bits per heavy atom. The molecule has 1 heterocycles. The summed E-state index contributed by atoms with van der Waals surface area (Å²) in [6.07, 6.45) is 6.20. The molecule has 162 valence electrons. The number of aliphatic imine (C=N–C) groups is 1. The van der Waals surface area contributed by atoms with Gasteiger partial charge in [-0.3, -0.25) is 4.79 Å². The fourth-order valence-corrected chi connectivity index (χ4v) is 3.49.